The number of amides is 6. The Balaban J connectivity index is 1.61. The van der Waals surface area contributed by atoms with Crippen molar-refractivity contribution in [2.75, 3.05) is 27.2 Å². The molecule has 15 nitrogen and oxygen atoms in total. The Labute approximate surface area is 329 Å². The molecule has 0 saturated heterocycles. The van der Waals surface area contributed by atoms with E-state index >= 15 is 0 Å². The number of carbonyl (C=O) groups is 7. The molecule has 0 radical (unpaired) electrons. The quantitative estimate of drug-likeness (QED) is 0.0797. The second-order valence-electron chi connectivity index (χ2n) is 14.9. The smallest absolute Gasteiger partial charge is 0.243 e. The number of nitrogens with one attached hydrogen (secondary N) is 4. The van der Waals surface area contributed by atoms with Gasteiger partial charge in [-0.25, -0.2) is 0 Å². The third kappa shape index (κ3) is 13.8. The first-order chi connectivity index (χ1) is 26.5. The molecule has 15 heteroatoms. The van der Waals surface area contributed by atoms with E-state index < -0.39 is 36.0 Å². The maximum atomic E-state index is 14.4. The van der Waals surface area contributed by atoms with Gasteiger partial charge in [0, 0.05) is 33.0 Å². The summed E-state index contributed by atoms with van der Waals surface area (Å²) >= 11 is 0. The molecule has 0 aromatic heterocycles. The first-order valence-corrected chi connectivity index (χ1v) is 19.2. The molecule has 0 aliphatic carbocycles. The molecule has 0 unspecified atom stereocenters. The molecular weight excluding hydrogens is 718 g/mol. The lowest BCUT2D eigenvalue weighted by atomic mass is 9.90. The standard InChI is InChI=1S/C41H59N7O8/c1-25-19-31(51)20-26(2)32(25)23-36(47(5)6)41(56)48-24-30-14-8-7-13-29(30)22-35(48)40(55)46-33(38(42)53)15-9-12-18-44-39(54)34(45-28(4)50)16-10-11-17-43-37(52)21-27(3)49/h7-8,13-14,19-20,33-36,51H,9-12,15-18,21-24H2,1-6H3,(H2,42,53)(H,43,52)(H,44,54)(H,45,50)(H,46,55)/t33-,34-,35-,36-/m0/s1. The van der Waals surface area contributed by atoms with Crippen molar-refractivity contribution in [1.29, 1.82) is 0 Å². The minimum Gasteiger partial charge on any atom is -0.508 e. The van der Waals surface area contributed by atoms with E-state index in [1.54, 1.807) is 17.0 Å². The van der Waals surface area contributed by atoms with E-state index in [9.17, 15) is 38.7 Å². The summed E-state index contributed by atoms with van der Waals surface area (Å²) in [5, 5.41) is 21.0. The molecule has 2 aromatic carbocycles. The number of carbonyl (C=O) groups excluding carboxylic acids is 7. The van der Waals surface area contributed by atoms with Crippen LogP contribution in [0.3, 0.4) is 0 Å². The van der Waals surface area contributed by atoms with Crippen molar-refractivity contribution in [1.82, 2.24) is 31.1 Å². The molecule has 4 atom stereocenters. The van der Waals surface area contributed by atoms with Gasteiger partial charge in [-0.15, -0.1) is 0 Å². The van der Waals surface area contributed by atoms with Crippen LogP contribution in [0, 0.1) is 13.8 Å². The summed E-state index contributed by atoms with van der Waals surface area (Å²) in [7, 11) is 3.63. The number of benzene rings is 2. The number of hydrogen-bond acceptors (Lipinski definition) is 9. The number of primary amides is 1. The number of ketones is 1. The van der Waals surface area contributed by atoms with Crippen LogP contribution in [0.15, 0.2) is 36.4 Å². The fourth-order valence-electron chi connectivity index (χ4n) is 7.02. The predicted molar refractivity (Wildman–Crippen MR) is 211 cm³/mol. The van der Waals surface area contributed by atoms with Crippen LogP contribution < -0.4 is 27.0 Å². The van der Waals surface area contributed by atoms with Crippen LogP contribution in [-0.2, 0) is 52.9 Å². The average Bonchev–Trinajstić information content (AvgIpc) is 3.11. The molecule has 2 aromatic rings. The molecule has 0 fully saturated rings. The van der Waals surface area contributed by atoms with Crippen LogP contribution >= 0.6 is 0 Å². The van der Waals surface area contributed by atoms with Crippen molar-refractivity contribution in [3.63, 3.8) is 0 Å². The van der Waals surface area contributed by atoms with E-state index in [1.807, 2.05) is 57.1 Å². The minimum atomic E-state index is -1.01. The molecule has 0 saturated carbocycles. The number of phenolic OH excluding ortho intramolecular Hbond substituents is 1. The molecule has 0 spiro atoms. The van der Waals surface area contributed by atoms with Crippen molar-refractivity contribution in [2.45, 2.75) is 116 Å². The molecule has 6 amide bonds. The van der Waals surface area contributed by atoms with Gasteiger partial charge >= 0.3 is 0 Å². The summed E-state index contributed by atoms with van der Waals surface area (Å²) in [6.45, 7) is 7.25. The maximum Gasteiger partial charge on any atom is 0.243 e. The second-order valence-corrected chi connectivity index (χ2v) is 14.9. The zero-order chi connectivity index (χ0) is 41.5. The number of likely N-dealkylation sites (N-methyl/N-ethyl adjacent to an activating group) is 1. The number of hydrogen-bond donors (Lipinski definition) is 6. The Morgan fingerprint density at radius 1 is 0.857 bits per heavy atom. The summed E-state index contributed by atoms with van der Waals surface area (Å²) in [5.74, 6) is -2.60. The number of unbranched alkanes of at least 4 members (excludes halogenated alkanes) is 2. The molecule has 56 heavy (non-hydrogen) atoms. The van der Waals surface area contributed by atoms with Crippen molar-refractivity contribution in [3.05, 3.63) is 64.2 Å². The van der Waals surface area contributed by atoms with Crippen molar-refractivity contribution in [3.8, 4) is 5.75 Å². The van der Waals surface area contributed by atoms with Gasteiger partial charge in [0.05, 0.1) is 12.5 Å². The van der Waals surface area contributed by atoms with Gasteiger partial charge in [-0.1, -0.05) is 24.3 Å². The lowest BCUT2D eigenvalue weighted by molar-refractivity contribution is -0.146. The molecule has 1 aliphatic heterocycles. The Kier molecular flexibility index (Phi) is 17.5. The number of nitrogens with two attached hydrogens (primary N) is 1. The Bertz CT molecular complexity index is 1720. The highest BCUT2D eigenvalue weighted by Crippen LogP contribution is 2.28. The summed E-state index contributed by atoms with van der Waals surface area (Å²) in [6.07, 6.45) is 2.99. The van der Waals surface area contributed by atoms with Gasteiger partial charge in [-0.3, -0.25) is 38.5 Å². The third-order valence-corrected chi connectivity index (χ3v) is 10.0. The number of aromatic hydroxyl groups is 1. The molecule has 1 heterocycles. The van der Waals surface area contributed by atoms with Crippen LogP contribution in [0.2, 0.25) is 0 Å². The number of Topliss-reactive ketones (excluding diaryl/α,β-unsaturated/α-hetero) is 1. The lowest BCUT2D eigenvalue weighted by Gasteiger charge is -2.39. The number of phenols is 1. The maximum absolute atomic E-state index is 14.4. The summed E-state index contributed by atoms with van der Waals surface area (Å²) in [4.78, 5) is 91.8. The van der Waals surface area contributed by atoms with Gasteiger partial charge in [0.15, 0.2) is 0 Å². The largest absolute Gasteiger partial charge is 0.508 e. The van der Waals surface area contributed by atoms with E-state index in [4.69, 9.17) is 5.73 Å². The van der Waals surface area contributed by atoms with E-state index in [0.29, 0.717) is 45.1 Å². The normalized spacial score (nSPS) is 15.2. The van der Waals surface area contributed by atoms with Gasteiger partial charge in [-0.05, 0) is 120 Å². The Morgan fingerprint density at radius 2 is 1.45 bits per heavy atom. The fourth-order valence-corrected chi connectivity index (χ4v) is 7.02. The monoisotopic (exact) mass is 777 g/mol. The highest BCUT2D eigenvalue weighted by Gasteiger charge is 2.39. The number of fused-ring (bicyclic) bond motifs is 1. The van der Waals surface area contributed by atoms with Gasteiger partial charge < -0.3 is 37.0 Å². The van der Waals surface area contributed by atoms with Crippen molar-refractivity contribution in [2.24, 2.45) is 5.73 Å². The third-order valence-electron chi connectivity index (χ3n) is 10.0. The number of rotatable bonds is 21. The Morgan fingerprint density at radius 3 is 2.02 bits per heavy atom. The lowest BCUT2D eigenvalue weighted by Crippen LogP contribution is -2.59. The van der Waals surface area contributed by atoms with Crippen molar-refractivity contribution < 1.29 is 38.7 Å². The highest BCUT2D eigenvalue weighted by molar-refractivity contribution is 5.96. The topological polar surface area (TPSA) is 220 Å². The fraction of sp³-hybridized carbons (Fsp3) is 0.537. The van der Waals surface area contributed by atoms with E-state index in [-0.39, 0.29) is 67.5 Å². The minimum absolute atomic E-state index is 0.154. The van der Waals surface area contributed by atoms with E-state index in [2.05, 4.69) is 21.3 Å². The molecule has 3 rings (SSSR count). The zero-order valence-corrected chi connectivity index (χ0v) is 33.5. The molecule has 1 aliphatic rings. The highest BCUT2D eigenvalue weighted by atomic mass is 16.3. The van der Waals surface area contributed by atoms with Crippen LogP contribution in [-0.4, -0.2) is 107 Å². The average molecular weight is 778 g/mol. The van der Waals surface area contributed by atoms with E-state index in [0.717, 1.165) is 27.8 Å². The molecular formula is C41H59N7O8. The van der Waals surface area contributed by atoms with Gasteiger partial charge in [0.2, 0.25) is 35.4 Å². The molecule has 7 N–H and O–H groups in total. The van der Waals surface area contributed by atoms with Crippen molar-refractivity contribution >= 4 is 41.2 Å². The first-order valence-electron chi connectivity index (χ1n) is 19.2. The molecule has 306 valence electrons. The van der Waals surface area contributed by atoms with Crippen LogP contribution in [0.25, 0.3) is 0 Å². The van der Waals surface area contributed by atoms with E-state index in [1.165, 1.54) is 13.8 Å². The summed E-state index contributed by atoms with van der Waals surface area (Å²) in [6, 6.07) is 7.68. The number of aryl methyl sites for hydroxylation is 2. The first kappa shape index (κ1) is 45.1. The van der Waals surface area contributed by atoms with Crippen LogP contribution in [0.5, 0.6) is 5.75 Å². The van der Waals surface area contributed by atoms with Crippen LogP contribution in [0.1, 0.15) is 86.6 Å². The Hall–Kier alpha value is -5.31. The number of nitrogens with zero attached hydrogens (tertiary/aromatic N) is 2. The molecule has 0 bridgehead atoms. The second kappa shape index (κ2) is 21.7. The summed E-state index contributed by atoms with van der Waals surface area (Å²) in [5.41, 5.74) is 10.3. The zero-order valence-electron chi connectivity index (χ0n) is 33.5. The SMILES string of the molecule is CC(=O)CC(=O)NCCCC[C@H](NC(C)=O)C(=O)NCCCC[C@H](NC(=O)[C@@H]1Cc2ccccc2CN1C(=O)[C@H](Cc1c(C)cc(O)cc1C)N(C)C)C(N)=O. The predicted octanol–water partition coefficient (Wildman–Crippen LogP) is 1.46. The van der Waals surface area contributed by atoms with Gasteiger partial charge in [0.1, 0.15) is 29.7 Å². The van der Waals surface area contributed by atoms with Crippen LogP contribution in [0.4, 0.5) is 0 Å². The van der Waals surface area contributed by atoms with Gasteiger partial charge in [-0.2, -0.15) is 0 Å². The summed E-state index contributed by atoms with van der Waals surface area (Å²) < 4.78 is 0. The van der Waals surface area contributed by atoms with Gasteiger partial charge in [0.25, 0.3) is 0 Å².